The summed E-state index contributed by atoms with van der Waals surface area (Å²) in [4.78, 5) is 25.0. The van der Waals surface area contributed by atoms with Gasteiger partial charge in [0, 0.05) is 23.6 Å². The van der Waals surface area contributed by atoms with Gasteiger partial charge in [0.15, 0.2) is 0 Å². The first-order valence-corrected chi connectivity index (χ1v) is 10.8. The molecule has 0 unspecified atom stereocenters. The van der Waals surface area contributed by atoms with Gasteiger partial charge in [-0.1, -0.05) is 18.2 Å². The quantitative estimate of drug-likeness (QED) is 0.487. The zero-order valence-corrected chi connectivity index (χ0v) is 19.3. The van der Waals surface area contributed by atoms with Gasteiger partial charge in [0.2, 0.25) is 6.29 Å². The Morgan fingerprint density at radius 1 is 1.09 bits per heavy atom. The minimum absolute atomic E-state index is 0.0101. The van der Waals surface area contributed by atoms with Crippen LogP contribution in [0.4, 0.5) is 5.69 Å². The maximum Gasteiger partial charge on any atom is 0.360 e. The summed E-state index contributed by atoms with van der Waals surface area (Å²) in [5, 5.41) is 24.1. The van der Waals surface area contributed by atoms with E-state index < -0.39 is 41.7 Å². The van der Waals surface area contributed by atoms with Crippen LogP contribution in [0.25, 0.3) is 11.0 Å². The first kappa shape index (κ1) is 23.9. The van der Waals surface area contributed by atoms with Crippen LogP contribution in [0.2, 0.25) is 0 Å². The molecule has 3 N–H and O–H groups in total. The Kier molecular flexibility index (Phi) is 6.46. The average Bonchev–Trinajstić information content (AvgIpc) is 2.80. The molecule has 0 radical (unpaired) electrons. The lowest BCUT2D eigenvalue weighted by Gasteiger charge is -2.46. The molecule has 1 aromatic heterocycles. The van der Waals surface area contributed by atoms with Crippen LogP contribution >= 0.6 is 0 Å². The largest absolute Gasteiger partial charge is 0.462 e. The summed E-state index contributed by atoms with van der Waals surface area (Å²) >= 11 is 0. The topological polar surface area (TPSA) is 127 Å². The molecule has 4 rings (SSSR count). The number of methoxy groups -OCH3 is 1. The minimum Gasteiger partial charge on any atom is -0.462 e. The van der Waals surface area contributed by atoms with E-state index >= 15 is 0 Å². The SMILES string of the molecule is CO[C@@H]1[C@@H](O)[C@H](O)[C@H](Oc2ccc3cc(NC(=O)c4ccccc4)c(=O)oc3c2C)OC1(C)C. The van der Waals surface area contributed by atoms with Crippen molar-refractivity contribution < 1.29 is 33.6 Å². The molecule has 2 aromatic carbocycles. The van der Waals surface area contributed by atoms with E-state index in [0.717, 1.165) is 0 Å². The summed E-state index contributed by atoms with van der Waals surface area (Å²) in [6.45, 7) is 5.14. The number of aliphatic hydroxyl groups is 2. The molecule has 1 aliphatic rings. The van der Waals surface area contributed by atoms with E-state index in [1.54, 1.807) is 63.2 Å². The Hall–Kier alpha value is -3.24. The van der Waals surface area contributed by atoms with Crippen LogP contribution in [-0.4, -0.2) is 53.4 Å². The number of hydrogen-bond donors (Lipinski definition) is 3. The van der Waals surface area contributed by atoms with Crippen molar-refractivity contribution in [1.29, 1.82) is 0 Å². The molecule has 3 aromatic rings. The highest BCUT2D eigenvalue weighted by Crippen LogP contribution is 2.35. The van der Waals surface area contributed by atoms with Gasteiger partial charge in [0.25, 0.3) is 5.91 Å². The van der Waals surface area contributed by atoms with Crippen LogP contribution < -0.4 is 15.7 Å². The van der Waals surface area contributed by atoms with Crippen LogP contribution in [0, 0.1) is 6.92 Å². The third-order valence-corrected chi connectivity index (χ3v) is 5.93. The van der Waals surface area contributed by atoms with Crippen molar-refractivity contribution in [2.75, 3.05) is 12.4 Å². The number of carbonyl (C=O) groups excluding carboxylic acids is 1. The van der Waals surface area contributed by atoms with E-state index in [2.05, 4.69) is 5.32 Å². The predicted molar refractivity (Wildman–Crippen MR) is 124 cm³/mol. The van der Waals surface area contributed by atoms with Crippen LogP contribution in [-0.2, 0) is 9.47 Å². The minimum atomic E-state index is -1.37. The van der Waals surface area contributed by atoms with Crippen molar-refractivity contribution in [2.24, 2.45) is 0 Å². The lowest BCUT2D eigenvalue weighted by atomic mass is 9.89. The van der Waals surface area contributed by atoms with Crippen LogP contribution in [0.1, 0.15) is 29.8 Å². The first-order valence-electron chi connectivity index (χ1n) is 10.8. The lowest BCUT2D eigenvalue weighted by Crippen LogP contribution is -2.63. The number of hydrogen-bond acceptors (Lipinski definition) is 8. The van der Waals surface area contributed by atoms with Gasteiger partial charge in [-0.25, -0.2) is 4.79 Å². The predicted octanol–water partition coefficient (Wildman–Crippen LogP) is 2.60. The second-order valence-corrected chi connectivity index (χ2v) is 8.72. The van der Waals surface area contributed by atoms with E-state index in [-0.39, 0.29) is 11.3 Å². The number of anilines is 1. The molecule has 1 amide bonds. The molecule has 180 valence electrons. The average molecular weight is 469 g/mol. The molecular weight excluding hydrogens is 442 g/mol. The summed E-state index contributed by atoms with van der Waals surface area (Å²) in [7, 11) is 1.43. The third kappa shape index (κ3) is 4.43. The molecule has 0 saturated carbocycles. The number of carbonyl (C=O) groups is 1. The normalized spacial score (nSPS) is 24.1. The summed E-state index contributed by atoms with van der Waals surface area (Å²) in [5.41, 5.74) is -0.468. The molecule has 1 aliphatic heterocycles. The van der Waals surface area contributed by atoms with Crippen LogP contribution in [0.3, 0.4) is 0 Å². The van der Waals surface area contributed by atoms with Gasteiger partial charge in [0.1, 0.15) is 35.3 Å². The number of rotatable bonds is 5. The molecule has 0 spiro atoms. The molecule has 34 heavy (non-hydrogen) atoms. The van der Waals surface area contributed by atoms with Gasteiger partial charge in [-0.05, 0) is 51.1 Å². The van der Waals surface area contributed by atoms with E-state index in [0.29, 0.717) is 22.3 Å². The van der Waals surface area contributed by atoms with Gasteiger partial charge in [-0.2, -0.15) is 0 Å². The number of aryl methyl sites for hydroxylation is 1. The number of benzene rings is 2. The second-order valence-electron chi connectivity index (χ2n) is 8.72. The van der Waals surface area contributed by atoms with E-state index in [1.807, 2.05) is 0 Å². The van der Waals surface area contributed by atoms with Gasteiger partial charge in [0.05, 0.1) is 5.60 Å². The molecule has 0 aliphatic carbocycles. The highest BCUT2D eigenvalue weighted by atomic mass is 16.7. The molecule has 1 fully saturated rings. The van der Waals surface area contributed by atoms with Crippen molar-refractivity contribution in [2.45, 2.75) is 51.0 Å². The number of nitrogens with one attached hydrogen (secondary N) is 1. The maximum atomic E-state index is 12.6. The Morgan fingerprint density at radius 2 is 1.79 bits per heavy atom. The summed E-state index contributed by atoms with van der Waals surface area (Å²) < 4.78 is 22.5. The van der Waals surface area contributed by atoms with Crippen molar-refractivity contribution in [3.63, 3.8) is 0 Å². The lowest BCUT2D eigenvalue weighted by molar-refractivity contribution is -0.306. The van der Waals surface area contributed by atoms with Gasteiger partial charge >= 0.3 is 5.63 Å². The fraction of sp³-hybridized carbons (Fsp3) is 0.360. The third-order valence-electron chi connectivity index (χ3n) is 5.93. The van der Waals surface area contributed by atoms with Crippen molar-refractivity contribution >= 4 is 22.6 Å². The molecule has 0 bridgehead atoms. The summed E-state index contributed by atoms with van der Waals surface area (Å²) in [6.07, 6.45) is -4.52. The fourth-order valence-electron chi connectivity index (χ4n) is 4.13. The van der Waals surface area contributed by atoms with Gasteiger partial charge in [-0.15, -0.1) is 0 Å². The molecule has 4 atom stereocenters. The fourth-order valence-corrected chi connectivity index (χ4v) is 4.13. The van der Waals surface area contributed by atoms with Gasteiger partial charge < -0.3 is 34.2 Å². The number of amides is 1. The standard InChI is InChI=1S/C25H27NO8/c1-13-17(32-24-19(28)18(27)21(31-4)25(2,3)34-24)11-10-15-12-16(23(30)33-20(13)15)26-22(29)14-8-6-5-7-9-14/h5-12,18-19,21,24,27-28H,1-4H3,(H,26,29)/t18-,19-,21+,24+/m0/s1. The van der Waals surface area contributed by atoms with Crippen LogP contribution in [0.15, 0.2) is 57.7 Å². The zero-order chi connectivity index (χ0) is 24.6. The van der Waals surface area contributed by atoms with Gasteiger partial charge in [-0.3, -0.25) is 4.79 Å². The summed E-state index contributed by atoms with van der Waals surface area (Å²) in [5.74, 6) is -0.123. The highest BCUT2D eigenvalue weighted by molar-refractivity contribution is 6.04. The summed E-state index contributed by atoms with van der Waals surface area (Å²) in [6, 6.07) is 13.3. The molecule has 9 nitrogen and oxygen atoms in total. The van der Waals surface area contributed by atoms with Crippen molar-refractivity contribution in [1.82, 2.24) is 0 Å². The van der Waals surface area contributed by atoms with E-state index in [9.17, 15) is 19.8 Å². The maximum absolute atomic E-state index is 12.6. The molecule has 1 saturated heterocycles. The Balaban J connectivity index is 1.60. The van der Waals surface area contributed by atoms with Crippen molar-refractivity contribution in [3.8, 4) is 5.75 Å². The van der Waals surface area contributed by atoms with E-state index in [1.165, 1.54) is 13.2 Å². The number of ether oxygens (including phenoxy) is 3. The molecular formula is C25H27NO8. The number of fused-ring (bicyclic) bond motifs is 1. The Morgan fingerprint density at radius 3 is 2.47 bits per heavy atom. The first-order chi connectivity index (χ1) is 16.1. The van der Waals surface area contributed by atoms with Crippen molar-refractivity contribution in [3.05, 3.63) is 70.1 Å². The smallest absolute Gasteiger partial charge is 0.360 e. The second kappa shape index (κ2) is 9.19. The molecule has 9 heteroatoms. The molecule has 2 heterocycles. The Bertz CT molecular complexity index is 1250. The highest BCUT2D eigenvalue weighted by Gasteiger charge is 2.50. The van der Waals surface area contributed by atoms with Crippen LogP contribution in [0.5, 0.6) is 5.75 Å². The monoisotopic (exact) mass is 469 g/mol. The zero-order valence-electron chi connectivity index (χ0n) is 19.3. The van der Waals surface area contributed by atoms with E-state index in [4.69, 9.17) is 18.6 Å². The Labute approximate surface area is 195 Å². The number of aliphatic hydroxyl groups excluding tert-OH is 2.